The van der Waals surface area contributed by atoms with E-state index in [0.29, 0.717) is 5.56 Å². The maximum Gasteiger partial charge on any atom is 0.266 e. The second-order valence-electron chi connectivity index (χ2n) is 4.30. The average Bonchev–Trinajstić information content (AvgIpc) is 2.72. The van der Waals surface area contributed by atoms with Crippen LogP contribution in [0.1, 0.15) is 26.3 Å². The molecule has 2 aromatic rings. The molecule has 0 spiro atoms. The van der Waals surface area contributed by atoms with Crippen molar-refractivity contribution in [1.29, 1.82) is 0 Å². The lowest BCUT2D eigenvalue weighted by Crippen LogP contribution is -2.30. The van der Waals surface area contributed by atoms with Crippen LogP contribution in [0.3, 0.4) is 0 Å². The Hall–Kier alpha value is -2.93. The molecule has 0 radical (unpaired) electrons. The smallest absolute Gasteiger partial charge is 0.266 e. The zero-order chi connectivity index (χ0) is 14.3. The Morgan fingerprint density at radius 2 is 1.60 bits per heavy atom. The summed E-state index contributed by atoms with van der Waals surface area (Å²) in [5.41, 5.74) is 0.814. The summed E-state index contributed by atoms with van der Waals surface area (Å²) in [5, 5.41) is 0. The van der Waals surface area contributed by atoms with Crippen molar-refractivity contribution in [3.63, 3.8) is 0 Å². The van der Waals surface area contributed by atoms with Crippen LogP contribution < -0.4 is 4.90 Å². The fourth-order valence-electron chi connectivity index (χ4n) is 2.19. The van der Waals surface area contributed by atoms with Crippen LogP contribution in [0.2, 0.25) is 0 Å². The Morgan fingerprint density at radius 3 is 2.10 bits per heavy atom. The van der Waals surface area contributed by atoms with Gasteiger partial charge in [0.25, 0.3) is 11.8 Å². The second-order valence-corrected chi connectivity index (χ2v) is 4.30. The lowest BCUT2D eigenvalue weighted by atomic mass is 10.1. The minimum absolute atomic E-state index is 0.0878. The van der Waals surface area contributed by atoms with E-state index in [0.717, 1.165) is 11.0 Å². The summed E-state index contributed by atoms with van der Waals surface area (Å²) in [6, 6.07) is 10.4. The molecule has 2 amide bonds. The first kappa shape index (κ1) is 12.1. The maximum absolute atomic E-state index is 14.0. The van der Waals surface area contributed by atoms with Crippen molar-refractivity contribution in [3.05, 3.63) is 65.0 Å². The van der Waals surface area contributed by atoms with Crippen molar-refractivity contribution < 1.29 is 14.0 Å². The van der Waals surface area contributed by atoms with E-state index < -0.39 is 17.6 Å². The first-order valence-corrected chi connectivity index (χ1v) is 5.87. The van der Waals surface area contributed by atoms with Gasteiger partial charge < -0.3 is 0 Å². The van der Waals surface area contributed by atoms with E-state index in [1.165, 1.54) is 12.1 Å². The molecule has 1 aliphatic heterocycles. The van der Waals surface area contributed by atoms with Gasteiger partial charge in [0.05, 0.1) is 16.8 Å². The number of fused-ring (bicyclic) bond motifs is 1. The first-order chi connectivity index (χ1) is 9.63. The van der Waals surface area contributed by atoms with Crippen LogP contribution in [0.4, 0.5) is 10.1 Å². The molecule has 0 unspecified atom stereocenters. The van der Waals surface area contributed by atoms with Crippen LogP contribution in [0, 0.1) is 18.2 Å². The van der Waals surface area contributed by atoms with Gasteiger partial charge in [-0.05, 0) is 30.3 Å². The number of benzene rings is 2. The molecule has 3 nitrogen and oxygen atoms in total. The Balaban J connectivity index is 2.12. The van der Waals surface area contributed by atoms with Crippen molar-refractivity contribution in [2.24, 2.45) is 0 Å². The summed E-state index contributed by atoms with van der Waals surface area (Å²) < 4.78 is 14.0. The van der Waals surface area contributed by atoms with Crippen molar-refractivity contribution in [2.45, 2.75) is 0 Å². The number of hydrogen-bond donors (Lipinski definition) is 0. The molecule has 1 aliphatic rings. The van der Waals surface area contributed by atoms with Gasteiger partial charge in [-0.25, -0.2) is 9.29 Å². The van der Waals surface area contributed by atoms with Gasteiger partial charge >= 0.3 is 0 Å². The zero-order valence-corrected chi connectivity index (χ0v) is 10.3. The molecule has 0 bridgehead atoms. The summed E-state index contributed by atoms with van der Waals surface area (Å²) in [6.45, 7) is 0. The number of rotatable bonds is 1. The van der Waals surface area contributed by atoms with E-state index in [2.05, 4.69) is 5.92 Å². The molecule has 0 saturated carbocycles. The normalized spacial score (nSPS) is 13.3. The quantitative estimate of drug-likeness (QED) is 0.587. The van der Waals surface area contributed by atoms with Crippen LogP contribution >= 0.6 is 0 Å². The highest BCUT2D eigenvalue weighted by Crippen LogP contribution is 2.30. The molecule has 0 saturated heterocycles. The highest BCUT2D eigenvalue weighted by atomic mass is 19.1. The van der Waals surface area contributed by atoms with E-state index in [1.807, 2.05) is 0 Å². The van der Waals surface area contributed by atoms with Crippen molar-refractivity contribution in [3.8, 4) is 12.3 Å². The SMILES string of the molecule is C#Cc1ccc(N2C(=O)c3ccccc3C2=O)c(F)c1. The summed E-state index contributed by atoms with van der Waals surface area (Å²) >= 11 is 0. The molecule has 3 rings (SSSR count). The summed E-state index contributed by atoms with van der Waals surface area (Å²) in [7, 11) is 0. The first-order valence-electron chi connectivity index (χ1n) is 5.87. The number of carbonyl (C=O) groups is 2. The molecule has 4 heteroatoms. The summed E-state index contributed by atoms with van der Waals surface area (Å²) in [6.07, 6.45) is 5.18. The van der Waals surface area contributed by atoms with Gasteiger partial charge in [-0.15, -0.1) is 6.42 Å². The number of nitrogens with zero attached hydrogens (tertiary/aromatic N) is 1. The zero-order valence-electron chi connectivity index (χ0n) is 10.3. The monoisotopic (exact) mass is 265 g/mol. The predicted octanol–water partition coefficient (Wildman–Crippen LogP) is 2.61. The van der Waals surface area contributed by atoms with E-state index in [-0.39, 0.29) is 16.8 Å². The molecule has 0 fully saturated rings. The van der Waals surface area contributed by atoms with E-state index in [1.54, 1.807) is 24.3 Å². The maximum atomic E-state index is 14.0. The number of terminal acetylenes is 1. The van der Waals surface area contributed by atoms with Crippen LogP contribution in [0.25, 0.3) is 0 Å². The molecule has 0 aliphatic carbocycles. The highest BCUT2D eigenvalue weighted by molar-refractivity contribution is 6.34. The third-order valence-corrected chi connectivity index (χ3v) is 3.15. The summed E-state index contributed by atoms with van der Waals surface area (Å²) in [4.78, 5) is 25.3. The Bertz CT molecular complexity index is 754. The highest BCUT2D eigenvalue weighted by Gasteiger charge is 2.37. The average molecular weight is 265 g/mol. The van der Waals surface area contributed by atoms with Crippen LogP contribution in [-0.4, -0.2) is 11.8 Å². The Kier molecular flexibility index (Phi) is 2.62. The molecule has 2 aromatic carbocycles. The lowest BCUT2D eigenvalue weighted by molar-refractivity contribution is 0.0925. The van der Waals surface area contributed by atoms with E-state index in [4.69, 9.17) is 6.42 Å². The third-order valence-electron chi connectivity index (χ3n) is 3.15. The van der Waals surface area contributed by atoms with Gasteiger partial charge in [0.1, 0.15) is 5.82 Å². The molecule has 0 N–H and O–H groups in total. The largest absolute Gasteiger partial charge is 0.268 e. The number of amides is 2. The predicted molar refractivity (Wildman–Crippen MR) is 71.9 cm³/mol. The Morgan fingerprint density at radius 1 is 1.00 bits per heavy atom. The standard InChI is InChI=1S/C16H8FNO2/c1-2-10-7-8-14(13(17)9-10)18-15(19)11-5-3-4-6-12(11)16(18)20/h1,3-9H. The lowest BCUT2D eigenvalue weighted by Gasteiger charge is -2.14. The fraction of sp³-hybridized carbons (Fsp3) is 0. The van der Waals surface area contributed by atoms with E-state index >= 15 is 0 Å². The number of imide groups is 1. The minimum atomic E-state index is -0.699. The van der Waals surface area contributed by atoms with E-state index in [9.17, 15) is 14.0 Å². The number of halogens is 1. The van der Waals surface area contributed by atoms with Gasteiger partial charge in [0, 0.05) is 5.56 Å². The number of hydrogen-bond acceptors (Lipinski definition) is 2. The van der Waals surface area contributed by atoms with Gasteiger partial charge in [-0.1, -0.05) is 18.1 Å². The molecule has 96 valence electrons. The third kappa shape index (κ3) is 1.61. The number of carbonyl (C=O) groups excluding carboxylic acids is 2. The van der Waals surface area contributed by atoms with Crippen molar-refractivity contribution in [1.82, 2.24) is 0 Å². The van der Waals surface area contributed by atoms with Crippen LogP contribution in [-0.2, 0) is 0 Å². The van der Waals surface area contributed by atoms with Gasteiger partial charge in [0.15, 0.2) is 0 Å². The molecular formula is C16H8FNO2. The van der Waals surface area contributed by atoms with Crippen LogP contribution in [0.5, 0.6) is 0 Å². The van der Waals surface area contributed by atoms with Crippen LogP contribution in [0.15, 0.2) is 42.5 Å². The fourth-order valence-corrected chi connectivity index (χ4v) is 2.19. The van der Waals surface area contributed by atoms with Crippen molar-refractivity contribution >= 4 is 17.5 Å². The molecular weight excluding hydrogens is 257 g/mol. The topological polar surface area (TPSA) is 37.4 Å². The molecule has 0 atom stereocenters. The summed E-state index contributed by atoms with van der Waals surface area (Å²) in [5.74, 6) is 0.538. The molecule has 20 heavy (non-hydrogen) atoms. The molecule has 0 aromatic heterocycles. The second kappa shape index (κ2) is 4.32. The minimum Gasteiger partial charge on any atom is -0.268 e. The Labute approximate surface area is 114 Å². The number of anilines is 1. The van der Waals surface area contributed by atoms with Gasteiger partial charge in [-0.3, -0.25) is 9.59 Å². The van der Waals surface area contributed by atoms with Gasteiger partial charge in [0.2, 0.25) is 0 Å². The van der Waals surface area contributed by atoms with Gasteiger partial charge in [-0.2, -0.15) is 0 Å². The van der Waals surface area contributed by atoms with Crippen molar-refractivity contribution in [2.75, 3.05) is 4.90 Å². The molecule has 1 heterocycles.